The number of benzene rings is 2. The van der Waals surface area contributed by atoms with Crippen molar-refractivity contribution in [3.8, 4) is 0 Å². The van der Waals surface area contributed by atoms with Crippen LogP contribution >= 0.6 is 0 Å². The molecule has 0 aliphatic carbocycles. The molecule has 0 fully saturated rings. The number of fused-ring (bicyclic) bond motifs is 1. The number of aromatic nitrogens is 1. The van der Waals surface area contributed by atoms with Crippen LogP contribution in [0.15, 0.2) is 48.5 Å². The van der Waals surface area contributed by atoms with Crippen LogP contribution in [0.1, 0.15) is 21.6 Å². The van der Waals surface area contributed by atoms with Gasteiger partial charge < -0.3 is 5.73 Å². The Bertz CT molecular complexity index is 926. The first-order valence-corrected chi connectivity index (χ1v) is 7.33. The van der Waals surface area contributed by atoms with Crippen molar-refractivity contribution in [2.75, 3.05) is 5.73 Å². The van der Waals surface area contributed by atoms with Crippen LogP contribution in [-0.4, -0.2) is 10.5 Å². The van der Waals surface area contributed by atoms with Crippen LogP contribution < -0.4 is 5.73 Å². The second-order valence-corrected chi connectivity index (χ2v) is 5.68. The van der Waals surface area contributed by atoms with Crippen LogP contribution in [0.25, 0.3) is 10.9 Å². The first-order chi connectivity index (χ1) is 11.3. The Labute approximate surface area is 136 Å². The van der Waals surface area contributed by atoms with Crippen LogP contribution in [-0.2, 0) is 12.6 Å². The third-order valence-electron chi connectivity index (χ3n) is 3.97. The van der Waals surface area contributed by atoms with E-state index in [1.165, 1.54) is 18.2 Å². The zero-order valence-electron chi connectivity index (χ0n) is 12.9. The molecule has 2 N–H and O–H groups in total. The number of carbonyl (C=O) groups is 1. The fourth-order valence-electron chi connectivity index (χ4n) is 2.76. The van der Waals surface area contributed by atoms with Crippen LogP contribution in [0.2, 0.25) is 0 Å². The molecule has 0 saturated heterocycles. The van der Waals surface area contributed by atoms with E-state index in [9.17, 15) is 18.0 Å². The fourth-order valence-corrected chi connectivity index (χ4v) is 2.76. The number of alkyl halides is 3. The van der Waals surface area contributed by atoms with Crippen molar-refractivity contribution in [1.82, 2.24) is 4.57 Å². The summed E-state index contributed by atoms with van der Waals surface area (Å²) in [6.45, 7) is 1.82. The summed E-state index contributed by atoms with van der Waals surface area (Å²) in [5, 5.41) is 0.292. The molecule has 0 aliphatic heterocycles. The van der Waals surface area contributed by atoms with Gasteiger partial charge in [-0.25, -0.2) is 0 Å². The van der Waals surface area contributed by atoms with Gasteiger partial charge in [0.1, 0.15) is 5.69 Å². The highest BCUT2D eigenvalue weighted by Gasteiger charge is 2.37. The van der Waals surface area contributed by atoms with E-state index in [2.05, 4.69) is 0 Å². The summed E-state index contributed by atoms with van der Waals surface area (Å²) in [5.41, 5.74) is 6.77. The van der Waals surface area contributed by atoms with Gasteiger partial charge in [-0.1, -0.05) is 24.3 Å². The molecule has 0 saturated carbocycles. The van der Waals surface area contributed by atoms with E-state index in [4.69, 9.17) is 5.73 Å². The number of nitrogens with two attached hydrogens (primary N) is 1. The highest BCUT2D eigenvalue weighted by Crippen LogP contribution is 2.35. The lowest BCUT2D eigenvalue weighted by Gasteiger charge is -2.13. The summed E-state index contributed by atoms with van der Waals surface area (Å²) in [5.74, 6) is -0.628. The maximum Gasteiger partial charge on any atom is 0.431 e. The molecule has 0 bridgehead atoms. The van der Waals surface area contributed by atoms with Gasteiger partial charge in [-0.05, 0) is 42.3 Å². The summed E-state index contributed by atoms with van der Waals surface area (Å²) in [4.78, 5) is 12.6. The monoisotopic (exact) mass is 332 g/mol. The number of aryl methyl sites for hydroxylation is 1. The molecule has 24 heavy (non-hydrogen) atoms. The molecule has 0 radical (unpaired) electrons. The Balaban J connectivity index is 2.13. The maximum absolute atomic E-state index is 13.4. The number of rotatable bonds is 2. The van der Waals surface area contributed by atoms with Crippen molar-refractivity contribution in [3.05, 3.63) is 65.4 Å². The smallest absolute Gasteiger partial charge is 0.399 e. The molecule has 0 atom stereocenters. The molecular weight excluding hydrogens is 317 g/mol. The highest BCUT2D eigenvalue weighted by molar-refractivity contribution is 5.96. The van der Waals surface area contributed by atoms with Crippen molar-refractivity contribution in [3.63, 3.8) is 0 Å². The number of hydrogen-bond acceptors (Lipinski definition) is 2. The topological polar surface area (TPSA) is 48.0 Å². The first kappa shape index (κ1) is 16.1. The average molecular weight is 332 g/mol. The van der Waals surface area contributed by atoms with E-state index in [0.29, 0.717) is 16.6 Å². The Hall–Kier alpha value is -2.76. The Morgan fingerprint density at radius 2 is 1.83 bits per heavy atom. The Kier molecular flexibility index (Phi) is 3.83. The minimum Gasteiger partial charge on any atom is -0.399 e. The quantitative estimate of drug-likeness (QED) is 0.706. The number of anilines is 1. The second kappa shape index (κ2) is 5.70. The van der Waals surface area contributed by atoms with Crippen molar-refractivity contribution < 1.29 is 18.0 Å². The average Bonchev–Trinajstić information content (AvgIpc) is 2.88. The molecule has 6 heteroatoms. The lowest BCUT2D eigenvalue weighted by molar-refractivity contribution is -0.142. The number of halogens is 3. The van der Waals surface area contributed by atoms with Gasteiger partial charge >= 0.3 is 6.18 Å². The molecule has 2 aromatic carbocycles. The minimum atomic E-state index is -4.63. The standard InChI is InChI=1S/C18H15F3N2O/c1-11-4-2-3-5-12(11)10-17(24)23-15-7-6-14(22)8-13(15)9-16(23)18(19,20)21/h2-9H,10,22H2,1H3. The molecule has 1 heterocycles. The molecule has 0 aliphatic rings. The van der Waals surface area contributed by atoms with Gasteiger partial charge in [-0.15, -0.1) is 0 Å². The lowest BCUT2D eigenvalue weighted by Crippen LogP contribution is -2.21. The third kappa shape index (κ3) is 2.87. The van der Waals surface area contributed by atoms with Gasteiger partial charge in [0.05, 0.1) is 11.9 Å². The van der Waals surface area contributed by atoms with Gasteiger partial charge in [-0.3, -0.25) is 9.36 Å². The second-order valence-electron chi connectivity index (χ2n) is 5.68. The van der Waals surface area contributed by atoms with E-state index >= 15 is 0 Å². The van der Waals surface area contributed by atoms with Crippen LogP contribution in [0.3, 0.4) is 0 Å². The zero-order valence-corrected chi connectivity index (χ0v) is 12.9. The van der Waals surface area contributed by atoms with E-state index in [-0.39, 0.29) is 11.9 Å². The summed E-state index contributed by atoms with van der Waals surface area (Å²) >= 11 is 0. The van der Waals surface area contributed by atoms with Gasteiger partial charge in [0.15, 0.2) is 0 Å². The molecule has 3 rings (SSSR count). The molecule has 3 aromatic rings. The predicted octanol–water partition coefficient (Wildman–Crippen LogP) is 4.43. The molecule has 1 aromatic heterocycles. The molecule has 3 nitrogen and oxygen atoms in total. The summed E-state index contributed by atoms with van der Waals surface area (Å²) in [6.07, 6.45) is -4.74. The molecule has 124 valence electrons. The van der Waals surface area contributed by atoms with Crippen molar-refractivity contribution >= 4 is 22.5 Å². The molecule has 0 unspecified atom stereocenters. The Morgan fingerprint density at radius 1 is 1.12 bits per heavy atom. The zero-order chi connectivity index (χ0) is 17.5. The van der Waals surface area contributed by atoms with E-state index < -0.39 is 17.8 Å². The highest BCUT2D eigenvalue weighted by atomic mass is 19.4. The van der Waals surface area contributed by atoms with E-state index in [0.717, 1.165) is 16.2 Å². The predicted molar refractivity (Wildman–Crippen MR) is 86.9 cm³/mol. The van der Waals surface area contributed by atoms with Crippen molar-refractivity contribution in [1.29, 1.82) is 0 Å². The number of carbonyl (C=O) groups excluding carboxylic acids is 1. The van der Waals surface area contributed by atoms with E-state index in [1.807, 2.05) is 19.1 Å². The van der Waals surface area contributed by atoms with Gasteiger partial charge in [-0.2, -0.15) is 13.2 Å². The third-order valence-corrected chi connectivity index (χ3v) is 3.97. The molecule has 0 spiro atoms. The number of hydrogen-bond donors (Lipinski definition) is 1. The summed E-state index contributed by atoms with van der Waals surface area (Å²) in [7, 11) is 0. The summed E-state index contributed by atoms with van der Waals surface area (Å²) in [6, 6.07) is 12.5. The molecule has 0 amide bonds. The van der Waals surface area contributed by atoms with E-state index in [1.54, 1.807) is 12.1 Å². The normalized spacial score (nSPS) is 11.8. The fraction of sp³-hybridized carbons (Fsp3) is 0.167. The van der Waals surface area contributed by atoms with Gasteiger partial charge in [0.25, 0.3) is 0 Å². The van der Waals surface area contributed by atoms with Crippen molar-refractivity contribution in [2.45, 2.75) is 19.5 Å². The lowest BCUT2D eigenvalue weighted by atomic mass is 10.1. The largest absolute Gasteiger partial charge is 0.431 e. The van der Waals surface area contributed by atoms with Crippen LogP contribution in [0, 0.1) is 6.92 Å². The molecular formula is C18H15F3N2O. The van der Waals surface area contributed by atoms with Gasteiger partial charge in [0, 0.05) is 11.1 Å². The summed E-state index contributed by atoms with van der Waals surface area (Å²) < 4.78 is 40.8. The number of nitrogen functional groups attached to an aromatic ring is 1. The Morgan fingerprint density at radius 3 is 2.50 bits per heavy atom. The number of nitrogens with zero attached hydrogens (tertiary/aromatic N) is 1. The first-order valence-electron chi connectivity index (χ1n) is 7.33. The van der Waals surface area contributed by atoms with Gasteiger partial charge in [0.2, 0.25) is 5.91 Å². The SMILES string of the molecule is Cc1ccccc1CC(=O)n1c(C(F)(F)F)cc2cc(N)ccc21. The minimum absolute atomic E-state index is 0.107. The van der Waals surface area contributed by atoms with Crippen LogP contribution in [0.5, 0.6) is 0 Å². The van der Waals surface area contributed by atoms with Crippen molar-refractivity contribution in [2.24, 2.45) is 0 Å². The maximum atomic E-state index is 13.4. The van der Waals surface area contributed by atoms with Crippen LogP contribution in [0.4, 0.5) is 18.9 Å².